The van der Waals surface area contributed by atoms with E-state index in [1.54, 1.807) is 6.07 Å². The molecule has 4 rings (SSSR count). The van der Waals surface area contributed by atoms with Crippen molar-refractivity contribution in [2.75, 3.05) is 26.2 Å². The van der Waals surface area contributed by atoms with Gasteiger partial charge in [-0.1, -0.05) is 37.9 Å². The average Bonchev–Trinajstić information content (AvgIpc) is 2.96. The Kier molecular flexibility index (Phi) is 6.97. The Hall–Kier alpha value is -1.90. The molecular weight excluding hydrogens is 403 g/mol. The maximum Gasteiger partial charge on any atom is 0.406 e. The minimum absolute atomic E-state index is 0.0269. The van der Waals surface area contributed by atoms with Crippen molar-refractivity contribution in [3.63, 3.8) is 0 Å². The fraction of sp³-hybridized carbons (Fsp3) is 0.500. The molecule has 1 saturated heterocycles. The molecule has 3 heterocycles. The molecule has 1 fully saturated rings. The van der Waals surface area contributed by atoms with E-state index in [1.807, 2.05) is 12.1 Å². The first-order chi connectivity index (χ1) is 13.8. The van der Waals surface area contributed by atoms with Gasteiger partial charge in [-0.15, -0.1) is 0 Å². The van der Waals surface area contributed by atoms with Crippen LogP contribution in [0.3, 0.4) is 0 Å². The second-order valence-corrected chi connectivity index (χ2v) is 7.51. The first-order valence-electron chi connectivity index (χ1n) is 9.75. The lowest BCUT2D eigenvalue weighted by Gasteiger charge is -2.27. The Bertz CT molecular complexity index is 964. The third-order valence-electron chi connectivity index (χ3n) is 4.61. The Morgan fingerprint density at radius 2 is 1.83 bits per heavy atom. The zero-order chi connectivity index (χ0) is 21.0. The molecule has 0 unspecified atom stereocenters. The molecule has 1 aromatic carbocycles. The molecule has 9 heteroatoms. The van der Waals surface area contributed by atoms with Gasteiger partial charge >= 0.3 is 6.18 Å². The summed E-state index contributed by atoms with van der Waals surface area (Å²) in [7, 11) is 0. The van der Waals surface area contributed by atoms with Gasteiger partial charge in [0.25, 0.3) is 0 Å². The lowest BCUT2D eigenvalue weighted by molar-refractivity contribution is -0.139. The van der Waals surface area contributed by atoms with E-state index in [1.165, 1.54) is 12.7 Å². The topological polar surface area (TPSA) is 46.0 Å². The van der Waals surface area contributed by atoms with E-state index in [4.69, 9.17) is 11.6 Å². The molecule has 0 amide bonds. The van der Waals surface area contributed by atoms with Crippen LogP contribution >= 0.6 is 11.6 Å². The minimum atomic E-state index is -4.36. The molecule has 0 spiro atoms. The van der Waals surface area contributed by atoms with Crippen molar-refractivity contribution in [2.24, 2.45) is 0 Å². The number of benzene rings is 1. The van der Waals surface area contributed by atoms with Crippen molar-refractivity contribution in [2.45, 2.75) is 39.5 Å². The van der Waals surface area contributed by atoms with E-state index in [-0.39, 0.29) is 10.7 Å². The number of hydrogen-bond acceptors (Lipinski definition) is 4. The first-order valence-corrected chi connectivity index (χ1v) is 10.1. The number of piperazine rings is 1. The standard InChI is InChI=1S/C17H17ClF3N5.C3H8/c18-16-15-14(23-10-24-16)12-7-11(8-25-5-3-22-4-6-25)1-2-13(12)26(15)9-17(19,20)21;1-3-2/h1-2,7,10,22H,3-6,8-9H2;3H2,1-2H3. The molecule has 1 N–H and O–H groups in total. The number of halogens is 4. The molecule has 0 atom stereocenters. The molecular formula is C20H25ClF3N5. The predicted molar refractivity (Wildman–Crippen MR) is 110 cm³/mol. The van der Waals surface area contributed by atoms with Crippen LogP contribution in [0.2, 0.25) is 5.15 Å². The summed E-state index contributed by atoms with van der Waals surface area (Å²) in [5.41, 5.74) is 2.18. The quantitative estimate of drug-likeness (QED) is 0.619. The van der Waals surface area contributed by atoms with Gasteiger partial charge in [0.05, 0.1) is 5.52 Å². The lowest BCUT2D eigenvalue weighted by Crippen LogP contribution is -2.42. The first kappa shape index (κ1) is 21.8. The Labute approximate surface area is 172 Å². The average molecular weight is 428 g/mol. The highest BCUT2D eigenvalue weighted by Crippen LogP contribution is 2.34. The van der Waals surface area contributed by atoms with Crippen molar-refractivity contribution in [1.82, 2.24) is 24.8 Å². The summed E-state index contributed by atoms with van der Waals surface area (Å²) in [5, 5.41) is 4.00. The van der Waals surface area contributed by atoms with E-state index in [2.05, 4.69) is 34.0 Å². The molecule has 158 valence electrons. The summed E-state index contributed by atoms with van der Waals surface area (Å²) >= 11 is 6.10. The molecule has 0 aliphatic carbocycles. The zero-order valence-electron chi connectivity index (χ0n) is 16.6. The number of fused-ring (bicyclic) bond motifs is 3. The van der Waals surface area contributed by atoms with Crippen LogP contribution in [0, 0.1) is 0 Å². The molecule has 2 aromatic heterocycles. The van der Waals surface area contributed by atoms with E-state index in [9.17, 15) is 13.2 Å². The van der Waals surface area contributed by atoms with Crippen molar-refractivity contribution in [1.29, 1.82) is 0 Å². The second-order valence-electron chi connectivity index (χ2n) is 7.15. The van der Waals surface area contributed by atoms with Crippen LogP contribution in [0.5, 0.6) is 0 Å². The molecule has 0 bridgehead atoms. The van der Waals surface area contributed by atoms with Gasteiger partial charge in [-0.3, -0.25) is 4.90 Å². The van der Waals surface area contributed by atoms with Crippen LogP contribution in [0.15, 0.2) is 24.5 Å². The lowest BCUT2D eigenvalue weighted by atomic mass is 10.1. The third-order valence-corrected chi connectivity index (χ3v) is 4.88. The fourth-order valence-corrected chi connectivity index (χ4v) is 3.73. The number of hydrogen-bond donors (Lipinski definition) is 1. The maximum absolute atomic E-state index is 13.1. The molecule has 0 saturated carbocycles. The van der Waals surface area contributed by atoms with Gasteiger partial charge in [0.15, 0.2) is 5.15 Å². The van der Waals surface area contributed by atoms with Gasteiger partial charge in [-0.2, -0.15) is 13.2 Å². The monoisotopic (exact) mass is 427 g/mol. The van der Waals surface area contributed by atoms with Crippen LogP contribution in [0.1, 0.15) is 25.8 Å². The van der Waals surface area contributed by atoms with Crippen molar-refractivity contribution in [3.8, 4) is 0 Å². The zero-order valence-corrected chi connectivity index (χ0v) is 17.3. The van der Waals surface area contributed by atoms with Crippen LogP contribution in [-0.4, -0.2) is 51.8 Å². The maximum atomic E-state index is 13.1. The molecule has 5 nitrogen and oxygen atoms in total. The highest BCUT2D eigenvalue weighted by Gasteiger charge is 2.30. The Morgan fingerprint density at radius 1 is 1.14 bits per heavy atom. The van der Waals surface area contributed by atoms with Gasteiger partial charge < -0.3 is 9.88 Å². The largest absolute Gasteiger partial charge is 0.406 e. The normalized spacial score (nSPS) is 15.5. The summed E-state index contributed by atoms with van der Waals surface area (Å²) in [6.45, 7) is 7.65. The number of rotatable bonds is 3. The van der Waals surface area contributed by atoms with Gasteiger partial charge in [-0.25, -0.2) is 9.97 Å². The number of alkyl halides is 3. The second kappa shape index (κ2) is 9.28. The smallest absolute Gasteiger partial charge is 0.327 e. The minimum Gasteiger partial charge on any atom is -0.327 e. The summed E-state index contributed by atoms with van der Waals surface area (Å²) in [6.07, 6.45) is -1.83. The van der Waals surface area contributed by atoms with Crippen molar-refractivity contribution in [3.05, 3.63) is 35.2 Å². The number of nitrogens with zero attached hydrogens (tertiary/aromatic N) is 4. The van der Waals surface area contributed by atoms with Gasteiger partial charge in [0.1, 0.15) is 23.9 Å². The number of nitrogens with one attached hydrogen (secondary N) is 1. The fourth-order valence-electron chi connectivity index (χ4n) is 3.49. The van der Waals surface area contributed by atoms with E-state index in [0.29, 0.717) is 16.4 Å². The highest BCUT2D eigenvalue weighted by atomic mass is 35.5. The Morgan fingerprint density at radius 3 is 2.48 bits per heavy atom. The van der Waals surface area contributed by atoms with E-state index in [0.717, 1.165) is 42.9 Å². The van der Waals surface area contributed by atoms with Crippen LogP contribution < -0.4 is 5.32 Å². The number of aromatic nitrogens is 3. The molecule has 1 aliphatic heterocycles. The van der Waals surface area contributed by atoms with Gasteiger partial charge in [0.2, 0.25) is 0 Å². The van der Waals surface area contributed by atoms with E-state index < -0.39 is 12.7 Å². The molecule has 3 aromatic rings. The SMILES string of the molecule is CCC.FC(F)(F)Cn1c2ccc(CN3CCNCC3)cc2c2ncnc(Cl)c21. The van der Waals surface area contributed by atoms with Gasteiger partial charge in [0, 0.05) is 38.1 Å². The Balaban J connectivity index is 0.000000755. The molecule has 29 heavy (non-hydrogen) atoms. The van der Waals surface area contributed by atoms with E-state index >= 15 is 0 Å². The summed E-state index contributed by atoms with van der Waals surface area (Å²) < 4.78 is 40.4. The summed E-state index contributed by atoms with van der Waals surface area (Å²) in [5.74, 6) is 0. The third kappa shape index (κ3) is 5.18. The van der Waals surface area contributed by atoms with Crippen molar-refractivity contribution < 1.29 is 13.2 Å². The van der Waals surface area contributed by atoms with Crippen LogP contribution in [0.4, 0.5) is 13.2 Å². The highest BCUT2D eigenvalue weighted by molar-refractivity contribution is 6.34. The van der Waals surface area contributed by atoms with Gasteiger partial charge in [-0.05, 0) is 17.7 Å². The van der Waals surface area contributed by atoms with Crippen molar-refractivity contribution >= 4 is 33.5 Å². The predicted octanol–water partition coefficient (Wildman–Crippen LogP) is 4.62. The van der Waals surface area contributed by atoms with Crippen LogP contribution in [0.25, 0.3) is 21.9 Å². The molecule has 0 radical (unpaired) electrons. The summed E-state index contributed by atoms with van der Waals surface area (Å²) in [4.78, 5) is 10.4. The van der Waals surface area contributed by atoms with Crippen LogP contribution in [-0.2, 0) is 13.1 Å². The molecule has 1 aliphatic rings. The summed E-state index contributed by atoms with van der Waals surface area (Å²) in [6, 6.07) is 5.50.